The first kappa shape index (κ1) is 14.8. The zero-order chi connectivity index (χ0) is 14.8. The molecule has 2 N–H and O–H groups in total. The van der Waals surface area contributed by atoms with Crippen LogP contribution < -0.4 is 15.4 Å². The third kappa shape index (κ3) is 2.63. The van der Waals surface area contributed by atoms with E-state index in [4.69, 9.17) is 4.74 Å². The molecular weight excluding hydrogens is 259 g/mol. The summed E-state index contributed by atoms with van der Waals surface area (Å²) in [5.41, 5.74) is 0.0383. The Bertz CT molecular complexity index is 497. The van der Waals surface area contributed by atoms with Gasteiger partial charge in [0, 0.05) is 18.3 Å². The highest BCUT2D eigenvalue weighted by molar-refractivity contribution is 5.96. The first-order chi connectivity index (χ1) is 9.49. The molecule has 1 atom stereocenters. The molecule has 1 aromatic rings. The van der Waals surface area contributed by atoms with Gasteiger partial charge in [0.25, 0.3) is 0 Å². The Morgan fingerprint density at radius 3 is 2.75 bits per heavy atom. The maximum absolute atomic E-state index is 13.6. The Morgan fingerprint density at radius 2 is 2.25 bits per heavy atom. The van der Waals surface area contributed by atoms with Crippen molar-refractivity contribution in [2.45, 2.75) is 20.3 Å². The molecule has 0 aliphatic carbocycles. The van der Waals surface area contributed by atoms with Gasteiger partial charge in [0.05, 0.1) is 12.5 Å². The van der Waals surface area contributed by atoms with Crippen LogP contribution in [0.15, 0.2) is 18.2 Å². The van der Waals surface area contributed by atoms with Crippen molar-refractivity contribution in [3.8, 4) is 5.75 Å². The summed E-state index contributed by atoms with van der Waals surface area (Å²) < 4.78 is 18.5. The van der Waals surface area contributed by atoms with Crippen molar-refractivity contribution < 1.29 is 13.9 Å². The summed E-state index contributed by atoms with van der Waals surface area (Å²) >= 11 is 0. The summed E-state index contributed by atoms with van der Waals surface area (Å²) in [4.78, 5) is 12.5. The number of benzene rings is 1. The zero-order valence-electron chi connectivity index (χ0n) is 12.1. The van der Waals surface area contributed by atoms with E-state index in [9.17, 15) is 9.18 Å². The van der Waals surface area contributed by atoms with Gasteiger partial charge in [-0.25, -0.2) is 4.39 Å². The summed E-state index contributed by atoms with van der Waals surface area (Å²) in [5.74, 6) is -0.139. The quantitative estimate of drug-likeness (QED) is 0.890. The van der Waals surface area contributed by atoms with Crippen LogP contribution in [0.3, 0.4) is 0 Å². The van der Waals surface area contributed by atoms with Gasteiger partial charge in [0.1, 0.15) is 0 Å². The van der Waals surface area contributed by atoms with E-state index in [0.717, 1.165) is 13.0 Å². The number of anilines is 1. The predicted octanol–water partition coefficient (Wildman–Crippen LogP) is 2.41. The minimum absolute atomic E-state index is 0.0536. The van der Waals surface area contributed by atoms with Gasteiger partial charge in [0.15, 0.2) is 11.6 Å². The fourth-order valence-electron chi connectivity index (χ4n) is 2.66. The number of methoxy groups -OCH3 is 1. The lowest BCUT2D eigenvalue weighted by Gasteiger charge is -2.31. The molecule has 5 heteroatoms. The Hall–Kier alpha value is -1.62. The Kier molecular flexibility index (Phi) is 4.28. The fraction of sp³-hybridized carbons (Fsp3) is 0.533. The average molecular weight is 280 g/mol. The van der Waals surface area contributed by atoms with Gasteiger partial charge in [0.2, 0.25) is 5.91 Å². The number of halogens is 1. The minimum atomic E-state index is -0.478. The van der Waals surface area contributed by atoms with Gasteiger partial charge in [-0.3, -0.25) is 4.79 Å². The first-order valence-electron chi connectivity index (χ1n) is 6.85. The van der Waals surface area contributed by atoms with E-state index in [1.807, 2.05) is 13.8 Å². The molecular formula is C15H21FN2O2. The Balaban J connectivity index is 2.16. The molecule has 0 saturated carbocycles. The lowest BCUT2D eigenvalue weighted by atomic mass is 9.75. The lowest BCUT2D eigenvalue weighted by Crippen LogP contribution is -2.42. The smallest absolute Gasteiger partial charge is 0.232 e. The van der Waals surface area contributed by atoms with E-state index < -0.39 is 11.2 Å². The van der Waals surface area contributed by atoms with Gasteiger partial charge in [-0.05, 0) is 31.0 Å². The summed E-state index contributed by atoms with van der Waals surface area (Å²) in [6.45, 7) is 5.58. The Morgan fingerprint density at radius 1 is 1.50 bits per heavy atom. The maximum atomic E-state index is 13.6. The van der Waals surface area contributed by atoms with E-state index in [2.05, 4.69) is 10.6 Å². The minimum Gasteiger partial charge on any atom is -0.494 e. The second kappa shape index (κ2) is 5.79. The Labute approximate surface area is 118 Å². The van der Waals surface area contributed by atoms with E-state index in [1.54, 1.807) is 6.07 Å². The molecule has 0 aromatic heterocycles. The number of nitrogens with one attached hydrogen (secondary N) is 2. The third-order valence-corrected chi connectivity index (χ3v) is 4.16. The second-order valence-corrected chi connectivity index (χ2v) is 5.54. The molecule has 20 heavy (non-hydrogen) atoms. The zero-order valence-corrected chi connectivity index (χ0v) is 12.1. The first-order valence-corrected chi connectivity index (χ1v) is 6.85. The standard InChI is InChI=1S/C15H21FN2O2/c1-10(2)15(6-7-17-9-15)14(19)18-11-4-5-13(20-3)12(16)8-11/h4-5,8,10,17H,6-7,9H2,1-3H3,(H,18,19). The summed E-state index contributed by atoms with van der Waals surface area (Å²) in [5, 5.41) is 6.06. The molecule has 4 nitrogen and oxygen atoms in total. The van der Waals surface area contributed by atoms with E-state index in [1.165, 1.54) is 19.2 Å². The molecule has 1 heterocycles. The summed E-state index contributed by atoms with van der Waals surface area (Å²) in [6.07, 6.45) is 0.801. The molecule has 2 rings (SSSR count). The largest absolute Gasteiger partial charge is 0.494 e. The summed E-state index contributed by atoms with van der Waals surface area (Å²) in [6, 6.07) is 4.45. The van der Waals surface area contributed by atoms with E-state index in [-0.39, 0.29) is 17.6 Å². The number of amides is 1. The van der Waals surface area contributed by atoms with Crippen LogP contribution in [-0.4, -0.2) is 26.1 Å². The van der Waals surface area contributed by atoms with Crippen LogP contribution in [0.1, 0.15) is 20.3 Å². The molecule has 1 saturated heterocycles. The molecule has 0 bridgehead atoms. The summed E-state index contributed by atoms with van der Waals surface area (Å²) in [7, 11) is 1.41. The normalized spacial score (nSPS) is 22.1. The van der Waals surface area contributed by atoms with Crippen LogP contribution >= 0.6 is 0 Å². The van der Waals surface area contributed by atoms with Gasteiger partial charge < -0.3 is 15.4 Å². The van der Waals surface area contributed by atoms with E-state index >= 15 is 0 Å². The monoisotopic (exact) mass is 280 g/mol. The number of carbonyl (C=O) groups excluding carboxylic acids is 1. The molecule has 1 unspecified atom stereocenters. The SMILES string of the molecule is COc1ccc(NC(=O)C2(C(C)C)CCNC2)cc1F. The van der Waals surface area contributed by atoms with Crippen LogP contribution in [0.4, 0.5) is 10.1 Å². The van der Waals surface area contributed by atoms with Crippen molar-refractivity contribution in [1.29, 1.82) is 0 Å². The topological polar surface area (TPSA) is 50.4 Å². The second-order valence-electron chi connectivity index (χ2n) is 5.54. The van der Waals surface area contributed by atoms with Crippen LogP contribution in [0.25, 0.3) is 0 Å². The van der Waals surface area contributed by atoms with E-state index in [0.29, 0.717) is 12.2 Å². The predicted molar refractivity (Wildman–Crippen MR) is 76.3 cm³/mol. The molecule has 1 aliphatic heterocycles. The van der Waals surface area contributed by atoms with Crippen molar-refractivity contribution >= 4 is 11.6 Å². The van der Waals surface area contributed by atoms with Gasteiger partial charge in [-0.2, -0.15) is 0 Å². The molecule has 1 fully saturated rings. The van der Waals surface area contributed by atoms with Gasteiger partial charge in [-0.1, -0.05) is 13.8 Å². The number of rotatable bonds is 4. The lowest BCUT2D eigenvalue weighted by molar-refractivity contribution is -0.126. The average Bonchev–Trinajstić information content (AvgIpc) is 2.89. The number of ether oxygens (including phenoxy) is 1. The van der Waals surface area contributed by atoms with Crippen molar-refractivity contribution in [3.05, 3.63) is 24.0 Å². The highest BCUT2D eigenvalue weighted by Gasteiger charge is 2.43. The molecule has 0 radical (unpaired) electrons. The molecule has 1 aliphatic rings. The van der Waals surface area contributed by atoms with Crippen molar-refractivity contribution in [2.24, 2.45) is 11.3 Å². The van der Waals surface area contributed by atoms with Crippen LogP contribution in [0, 0.1) is 17.2 Å². The maximum Gasteiger partial charge on any atom is 0.232 e. The molecule has 0 spiro atoms. The number of hydrogen-bond donors (Lipinski definition) is 2. The van der Waals surface area contributed by atoms with Crippen molar-refractivity contribution in [3.63, 3.8) is 0 Å². The molecule has 110 valence electrons. The highest BCUT2D eigenvalue weighted by atomic mass is 19.1. The van der Waals surface area contributed by atoms with Crippen molar-refractivity contribution in [2.75, 3.05) is 25.5 Å². The fourth-order valence-corrected chi connectivity index (χ4v) is 2.66. The highest BCUT2D eigenvalue weighted by Crippen LogP contribution is 2.35. The number of carbonyl (C=O) groups is 1. The van der Waals surface area contributed by atoms with Crippen LogP contribution in [0.5, 0.6) is 5.75 Å². The molecule has 1 aromatic carbocycles. The van der Waals surface area contributed by atoms with Crippen molar-refractivity contribution in [1.82, 2.24) is 5.32 Å². The number of hydrogen-bond acceptors (Lipinski definition) is 3. The van der Waals surface area contributed by atoms with Crippen LogP contribution in [-0.2, 0) is 4.79 Å². The van der Waals surface area contributed by atoms with Gasteiger partial charge in [-0.15, -0.1) is 0 Å². The molecule has 1 amide bonds. The van der Waals surface area contributed by atoms with Crippen LogP contribution in [0.2, 0.25) is 0 Å². The third-order valence-electron chi connectivity index (χ3n) is 4.16. The van der Waals surface area contributed by atoms with Gasteiger partial charge >= 0.3 is 0 Å².